The first-order valence-electron chi connectivity index (χ1n) is 6.77. The van der Waals surface area contributed by atoms with Crippen LogP contribution in [0.3, 0.4) is 0 Å². The second-order valence-electron chi connectivity index (χ2n) is 4.78. The molecule has 1 aliphatic rings. The summed E-state index contributed by atoms with van der Waals surface area (Å²) in [5, 5.41) is 10.5. The lowest BCUT2D eigenvalue weighted by Gasteiger charge is -2.20. The van der Waals surface area contributed by atoms with Crippen LogP contribution in [0.15, 0.2) is 0 Å². The van der Waals surface area contributed by atoms with E-state index in [0.29, 0.717) is 0 Å². The quantitative estimate of drug-likeness (QED) is 0.811. The zero-order chi connectivity index (χ0) is 12.8. The Morgan fingerprint density at radius 1 is 1.17 bits per heavy atom. The molecule has 2 N–H and O–H groups in total. The van der Waals surface area contributed by atoms with Gasteiger partial charge in [-0.3, -0.25) is 0 Å². The maximum atomic E-state index is 5.53. The Balaban J connectivity index is 1.81. The van der Waals surface area contributed by atoms with Gasteiger partial charge in [0, 0.05) is 19.6 Å². The van der Waals surface area contributed by atoms with Crippen molar-refractivity contribution in [3.63, 3.8) is 0 Å². The number of rotatable bonds is 5. The van der Waals surface area contributed by atoms with Crippen LogP contribution in [0.5, 0.6) is 0 Å². The number of hydrogen-bond acceptors (Lipinski definition) is 6. The molecular weight excluding hydrogens is 246 g/mol. The molecule has 0 spiro atoms. The third-order valence-corrected chi connectivity index (χ3v) is 4.20. The molecule has 2 heterocycles. The van der Waals surface area contributed by atoms with E-state index < -0.39 is 0 Å². The van der Waals surface area contributed by atoms with Gasteiger partial charge in [-0.25, -0.2) is 0 Å². The standard InChI is InChI=1S/C12H23N5S/c1-11-14-15-12(18-11)17-8-4-7-16(9-10-17)6-3-2-5-13/h2-10,13H2,1H3. The minimum absolute atomic E-state index is 0.810. The van der Waals surface area contributed by atoms with Crippen molar-refractivity contribution in [2.24, 2.45) is 5.73 Å². The average Bonchev–Trinajstić information content (AvgIpc) is 2.66. The van der Waals surface area contributed by atoms with Crippen LogP contribution in [0, 0.1) is 6.92 Å². The monoisotopic (exact) mass is 269 g/mol. The number of aryl methyl sites for hydroxylation is 1. The molecule has 18 heavy (non-hydrogen) atoms. The summed E-state index contributed by atoms with van der Waals surface area (Å²) in [5.41, 5.74) is 5.53. The number of nitrogens with two attached hydrogens (primary N) is 1. The Labute approximate surface area is 113 Å². The lowest BCUT2D eigenvalue weighted by Crippen LogP contribution is -2.31. The van der Waals surface area contributed by atoms with E-state index in [1.54, 1.807) is 11.3 Å². The molecular formula is C12H23N5S. The zero-order valence-corrected chi connectivity index (χ0v) is 12.0. The Kier molecular flexibility index (Phi) is 5.34. The van der Waals surface area contributed by atoms with Crippen molar-refractivity contribution in [3.8, 4) is 0 Å². The molecule has 0 amide bonds. The summed E-state index contributed by atoms with van der Waals surface area (Å²) in [6, 6.07) is 0. The molecule has 1 aromatic heterocycles. The van der Waals surface area contributed by atoms with Crippen molar-refractivity contribution in [2.75, 3.05) is 44.2 Å². The van der Waals surface area contributed by atoms with Crippen LogP contribution >= 0.6 is 11.3 Å². The third kappa shape index (κ3) is 3.90. The van der Waals surface area contributed by atoms with Crippen LogP contribution in [0.1, 0.15) is 24.3 Å². The van der Waals surface area contributed by atoms with Gasteiger partial charge in [0.05, 0.1) is 0 Å². The molecule has 0 bridgehead atoms. The summed E-state index contributed by atoms with van der Waals surface area (Å²) in [6.45, 7) is 8.49. The van der Waals surface area contributed by atoms with Crippen molar-refractivity contribution in [1.29, 1.82) is 0 Å². The van der Waals surface area contributed by atoms with Crippen molar-refractivity contribution < 1.29 is 0 Å². The summed E-state index contributed by atoms with van der Waals surface area (Å²) in [5.74, 6) is 0. The molecule has 1 aliphatic heterocycles. The minimum Gasteiger partial charge on any atom is -0.345 e. The summed E-state index contributed by atoms with van der Waals surface area (Å²) >= 11 is 1.69. The molecule has 0 aromatic carbocycles. The Hall–Kier alpha value is -0.720. The topological polar surface area (TPSA) is 58.3 Å². The Morgan fingerprint density at radius 3 is 2.78 bits per heavy atom. The van der Waals surface area contributed by atoms with E-state index in [9.17, 15) is 0 Å². The van der Waals surface area contributed by atoms with Crippen LogP contribution in [0.25, 0.3) is 0 Å². The van der Waals surface area contributed by atoms with Gasteiger partial charge >= 0.3 is 0 Å². The van der Waals surface area contributed by atoms with Gasteiger partial charge < -0.3 is 15.5 Å². The molecule has 0 atom stereocenters. The van der Waals surface area contributed by atoms with Crippen LogP contribution in [-0.4, -0.2) is 54.4 Å². The van der Waals surface area contributed by atoms with Gasteiger partial charge in [-0.1, -0.05) is 11.3 Å². The summed E-state index contributed by atoms with van der Waals surface area (Å²) in [6.07, 6.45) is 3.56. The van der Waals surface area contributed by atoms with Gasteiger partial charge in [-0.15, -0.1) is 10.2 Å². The van der Waals surface area contributed by atoms with E-state index in [-0.39, 0.29) is 0 Å². The van der Waals surface area contributed by atoms with Gasteiger partial charge in [0.15, 0.2) is 0 Å². The number of anilines is 1. The van der Waals surface area contributed by atoms with Gasteiger partial charge in [0.25, 0.3) is 0 Å². The molecule has 0 aliphatic carbocycles. The van der Waals surface area contributed by atoms with E-state index in [2.05, 4.69) is 20.0 Å². The Bertz CT molecular complexity index is 354. The fourth-order valence-electron chi connectivity index (χ4n) is 2.28. The fraction of sp³-hybridized carbons (Fsp3) is 0.833. The van der Waals surface area contributed by atoms with Crippen LogP contribution in [0.4, 0.5) is 5.13 Å². The normalized spacial score (nSPS) is 18.0. The summed E-state index contributed by atoms with van der Waals surface area (Å²) in [7, 11) is 0. The highest BCUT2D eigenvalue weighted by atomic mass is 32.1. The highest BCUT2D eigenvalue weighted by molar-refractivity contribution is 7.15. The second kappa shape index (κ2) is 7.01. The van der Waals surface area contributed by atoms with Crippen LogP contribution < -0.4 is 10.6 Å². The highest BCUT2D eigenvalue weighted by Gasteiger charge is 2.17. The molecule has 0 saturated carbocycles. The molecule has 1 saturated heterocycles. The van der Waals surface area contributed by atoms with Gasteiger partial charge in [0.1, 0.15) is 5.01 Å². The highest BCUT2D eigenvalue weighted by Crippen LogP contribution is 2.20. The van der Waals surface area contributed by atoms with E-state index >= 15 is 0 Å². The maximum absolute atomic E-state index is 5.53. The van der Waals surface area contributed by atoms with Gasteiger partial charge in [-0.2, -0.15) is 0 Å². The predicted octanol–water partition coefficient (Wildman–Crippen LogP) is 1.10. The second-order valence-corrected chi connectivity index (χ2v) is 5.94. The van der Waals surface area contributed by atoms with Crippen molar-refractivity contribution in [2.45, 2.75) is 26.2 Å². The lowest BCUT2D eigenvalue weighted by atomic mass is 10.3. The molecule has 6 heteroatoms. The van der Waals surface area contributed by atoms with Crippen molar-refractivity contribution >= 4 is 16.5 Å². The maximum Gasteiger partial charge on any atom is 0.208 e. The smallest absolute Gasteiger partial charge is 0.208 e. The number of unbranched alkanes of at least 4 members (excludes halogenated alkanes) is 1. The molecule has 1 aromatic rings. The lowest BCUT2D eigenvalue weighted by molar-refractivity contribution is 0.288. The van der Waals surface area contributed by atoms with Crippen LogP contribution in [-0.2, 0) is 0 Å². The summed E-state index contributed by atoms with van der Waals surface area (Å²) in [4.78, 5) is 4.91. The van der Waals surface area contributed by atoms with Crippen LogP contribution in [0.2, 0.25) is 0 Å². The minimum atomic E-state index is 0.810. The van der Waals surface area contributed by atoms with Gasteiger partial charge in [-0.05, 0) is 45.8 Å². The summed E-state index contributed by atoms with van der Waals surface area (Å²) < 4.78 is 0. The molecule has 0 radical (unpaired) electrons. The number of nitrogens with zero attached hydrogens (tertiary/aromatic N) is 4. The largest absolute Gasteiger partial charge is 0.345 e. The van der Waals surface area contributed by atoms with E-state index in [1.807, 2.05) is 6.92 Å². The van der Waals surface area contributed by atoms with Crippen molar-refractivity contribution in [1.82, 2.24) is 15.1 Å². The zero-order valence-electron chi connectivity index (χ0n) is 11.1. The predicted molar refractivity (Wildman–Crippen MR) is 76.2 cm³/mol. The molecule has 102 valence electrons. The first-order chi connectivity index (χ1) is 8.79. The first-order valence-corrected chi connectivity index (χ1v) is 7.58. The van der Waals surface area contributed by atoms with E-state index in [1.165, 1.54) is 25.9 Å². The molecule has 5 nitrogen and oxygen atoms in total. The molecule has 0 unspecified atom stereocenters. The van der Waals surface area contributed by atoms with Gasteiger partial charge in [0.2, 0.25) is 5.13 Å². The Morgan fingerprint density at radius 2 is 2.06 bits per heavy atom. The fourth-order valence-corrected chi connectivity index (χ4v) is 3.02. The van der Waals surface area contributed by atoms with E-state index in [0.717, 1.165) is 42.7 Å². The number of hydrogen-bond donors (Lipinski definition) is 1. The average molecular weight is 269 g/mol. The van der Waals surface area contributed by atoms with E-state index in [4.69, 9.17) is 5.73 Å². The SMILES string of the molecule is Cc1nnc(N2CCCN(CCCCN)CC2)s1. The molecule has 1 fully saturated rings. The number of aromatic nitrogens is 2. The van der Waals surface area contributed by atoms with Crippen molar-refractivity contribution in [3.05, 3.63) is 5.01 Å². The third-order valence-electron chi connectivity index (χ3n) is 3.30. The first kappa shape index (κ1) is 13.7. The molecule has 2 rings (SSSR count).